The molecule has 4 nitrogen and oxygen atoms in total. The number of aromatic nitrogens is 2. The molecule has 1 heterocycles. The number of rotatable bonds is 7. The molecule has 17 heavy (non-hydrogen) atoms. The maximum Gasteiger partial charge on any atom is 0.224 e. The van der Waals surface area contributed by atoms with E-state index in [1.807, 2.05) is 13.0 Å². The Labute approximate surface area is 104 Å². The Morgan fingerprint density at radius 1 is 1.18 bits per heavy atom. The quantitative estimate of drug-likeness (QED) is 0.764. The van der Waals surface area contributed by atoms with Crippen molar-refractivity contribution in [2.45, 2.75) is 40.5 Å². The van der Waals surface area contributed by atoms with Gasteiger partial charge in [0.15, 0.2) is 0 Å². The van der Waals surface area contributed by atoms with Crippen LogP contribution in [0.5, 0.6) is 0 Å². The molecule has 0 radical (unpaired) electrons. The maximum absolute atomic E-state index is 4.43. The fraction of sp³-hybridized carbons (Fsp3) is 0.692. The van der Waals surface area contributed by atoms with Crippen LogP contribution in [0.2, 0.25) is 0 Å². The average Bonchev–Trinajstić information content (AvgIpc) is 2.25. The molecule has 0 saturated carbocycles. The fourth-order valence-electron chi connectivity index (χ4n) is 1.46. The van der Waals surface area contributed by atoms with E-state index in [0.717, 1.165) is 43.4 Å². The van der Waals surface area contributed by atoms with Crippen molar-refractivity contribution in [3.05, 3.63) is 11.8 Å². The molecule has 0 aromatic carbocycles. The molecule has 0 aliphatic carbocycles. The highest BCUT2D eigenvalue weighted by molar-refractivity contribution is 5.41. The summed E-state index contributed by atoms with van der Waals surface area (Å²) in [6.07, 6.45) is 2.23. The van der Waals surface area contributed by atoms with Gasteiger partial charge in [0.25, 0.3) is 0 Å². The molecular formula is C13H24N4. The van der Waals surface area contributed by atoms with Crippen LogP contribution in [-0.4, -0.2) is 23.1 Å². The van der Waals surface area contributed by atoms with Gasteiger partial charge in [0.05, 0.1) is 0 Å². The Hall–Kier alpha value is -1.32. The summed E-state index contributed by atoms with van der Waals surface area (Å²) in [5.41, 5.74) is 0.991. The minimum absolute atomic E-state index is 0.711. The molecule has 0 fully saturated rings. The molecule has 0 bridgehead atoms. The minimum atomic E-state index is 0.711. The third-order valence-electron chi connectivity index (χ3n) is 2.42. The molecule has 0 unspecified atom stereocenters. The molecule has 96 valence electrons. The van der Waals surface area contributed by atoms with Crippen LogP contribution in [-0.2, 0) is 0 Å². The molecule has 4 heteroatoms. The molecule has 1 aromatic heterocycles. The van der Waals surface area contributed by atoms with E-state index in [9.17, 15) is 0 Å². The first-order chi connectivity index (χ1) is 8.11. The maximum atomic E-state index is 4.43. The van der Waals surface area contributed by atoms with Crippen LogP contribution in [0.25, 0.3) is 0 Å². The van der Waals surface area contributed by atoms with Crippen molar-refractivity contribution >= 4 is 11.8 Å². The molecule has 0 saturated heterocycles. The standard InChI is InChI=1S/C13H24N4/c1-5-7-15-13-16-11(4)9-12(17-13)14-8-6-10(2)3/h9-10H,5-8H2,1-4H3,(H2,14,15,16,17). The van der Waals surface area contributed by atoms with Gasteiger partial charge >= 0.3 is 0 Å². The Morgan fingerprint density at radius 3 is 2.59 bits per heavy atom. The van der Waals surface area contributed by atoms with Gasteiger partial charge in [-0.25, -0.2) is 4.98 Å². The van der Waals surface area contributed by atoms with Gasteiger partial charge in [-0.1, -0.05) is 20.8 Å². The lowest BCUT2D eigenvalue weighted by Gasteiger charge is -2.10. The van der Waals surface area contributed by atoms with Crippen molar-refractivity contribution in [3.63, 3.8) is 0 Å². The SMILES string of the molecule is CCCNc1nc(C)cc(NCCC(C)C)n1. The molecule has 0 amide bonds. The van der Waals surface area contributed by atoms with Crippen LogP contribution in [0.3, 0.4) is 0 Å². The van der Waals surface area contributed by atoms with Crippen LogP contribution >= 0.6 is 0 Å². The summed E-state index contributed by atoms with van der Waals surface area (Å²) in [4.78, 5) is 8.79. The monoisotopic (exact) mass is 236 g/mol. The van der Waals surface area contributed by atoms with Crippen molar-refractivity contribution in [2.24, 2.45) is 5.92 Å². The number of hydrogen-bond acceptors (Lipinski definition) is 4. The topological polar surface area (TPSA) is 49.8 Å². The van der Waals surface area contributed by atoms with Crippen LogP contribution < -0.4 is 10.6 Å². The highest BCUT2D eigenvalue weighted by atomic mass is 15.1. The minimum Gasteiger partial charge on any atom is -0.370 e. The Morgan fingerprint density at radius 2 is 1.94 bits per heavy atom. The van der Waals surface area contributed by atoms with Crippen LogP contribution in [0.4, 0.5) is 11.8 Å². The molecular weight excluding hydrogens is 212 g/mol. The zero-order valence-corrected chi connectivity index (χ0v) is 11.4. The Balaban J connectivity index is 2.55. The second kappa shape index (κ2) is 7.09. The molecule has 1 aromatic rings. The number of hydrogen-bond donors (Lipinski definition) is 2. The number of nitrogens with one attached hydrogen (secondary N) is 2. The normalized spacial score (nSPS) is 10.6. The van der Waals surface area contributed by atoms with Crippen molar-refractivity contribution in [3.8, 4) is 0 Å². The lowest BCUT2D eigenvalue weighted by molar-refractivity contribution is 0.606. The molecule has 0 aliphatic heterocycles. The molecule has 1 rings (SSSR count). The van der Waals surface area contributed by atoms with Gasteiger partial charge in [-0.3, -0.25) is 0 Å². The van der Waals surface area contributed by atoms with Crippen molar-refractivity contribution in [2.75, 3.05) is 23.7 Å². The van der Waals surface area contributed by atoms with Gasteiger partial charge in [-0.2, -0.15) is 4.98 Å². The summed E-state index contributed by atoms with van der Waals surface area (Å²) >= 11 is 0. The molecule has 2 N–H and O–H groups in total. The van der Waals surface area contributed by atoms with Crippen molar-refractivity contribution in [1.29, 1.82) is 0 Å². The Kier molecular flexibility index (Phi) is 5.73. The first kappa shape index (κ1) is 13.7. The highest BCUT2D eigenvalue weighted by Crippen LogP contribution is 2.10. The van der Waals surface area contributed by atoms with Crippen LogP contribution in [0, 0.1) is 12.8 Å². The van der Waals surface area contributed by atoms with E-state index in [4.69, 9.17) is 0 Å². The zero-order chi connectivity index (χ0) is 12.7. The first-order valence-electron chi connectivity index (χ1n) is 6.45. The first-order valence-corrected chi connectivity index (χ1v) is 6.45. The van der Waals surface area contributed by atoms with Gasteiger partial charge < -0.3 is 10.6 Å². The molecule has 0 spiro atoms. The van der Waals surface area contributed by atoms with E-state index in [1.54, 1.807) is 0 Å². The van der Waals surface area contributed by atoms with Gasteiger partial charge in [-0.15, -0.1) is 0 Å². The fourth-order valence-corrected chi connectivity index (χ4v) is 1.46. The predicted molar refractivity (Wildman–Crippen MR) is 73.5 cm³/mol. The van der Waals surface area contributed by atoms with E-state index in [1.165, 1.54) is 0 Å². The highest BCUT2D eigenvalue weighted by Gasteiger charge is 2.01. The molecule has 0 atom stereocenters. The van der Waals surface area contributed by atoms with E-state index < -0.39 is 0 Å². The summed E-state index contributed by atoms with van der Waals surface area (Å²) < 4.78 is 0. The predicted octanol–water partition coefficient (Wildman–Crippen LogP) is 3.06. The summed E-state index contributed by atoms with van der Waals surface area (Å²) in [6, 6.07) is 1.98. The van der Waals surface area contributed by atoms with E-state index in [-0.39, 0.29) is 0 Å². The summed E-state index contributed by atoms with van der Waals surface area (Å²) in [7, 11) is 0. The average molecular weight is 236 g/mol. The van der Waals surface area contributed by atoms with Gasteiger partial charge in [0.2, 0.25) is 5.95 Å². The van der Waals surface area contributed by atoms with E-state index in [2.05, 4.69) is 41.4 Å². The summed E-state index contributed by atoms with van der Waals surface area (Å²) in [5.74, 6) is 2.35. The summed E-state index contributed by atoms with van der Waals surface area (Å²) in [6.45, 7) is 10.4. The Bertz CT molecular complexity index is 336. The summed E-state index contributed by atoms with van der Waals surface area (Å²) in [5, 5.41) is 6.56. The van der Waals surface area contributed by atoms with Crippen LogP contribution in [0.15, 0.2) is 6.07 Å². The van der Waals surface area contributed by atoms with Crippen molar-refractivity contribution < 1.29 is 0 Å². The second-order valence-corrected chi connectivity index (χ2v) is 4.75. The number of aryl methyl sites for hydroxylation is 1. The van der Waals surface area contributed by atoms with Crippen LogP contribution in [0.1, 0.15) is 39.3 Å². The lowest BCUT2D eigenvalue weighted by atomic mass is 10.1. The van der Waals surface area contributed by atoms with Gasteiger partial charge in [0, 0.05) is 24.8 Å². The second-order valence-electron chi connectivity index (χ2n) is 4.75. The number of nitrogens with zero attached hydrogens (tertiary/aromatic N) is 2. The largest absolute Gasteiger partial charge is 0.370 e. The van der Waals surface area contributed by atoms with E-state index >= 15 is 0 Å². The third kappa shape index (κ3) is 5.52. The smallest absolute Gasteiger partial charge is 0.224 e. The third-order valence-corrected chi connectivity index (χ3v) is 2.42. The molecule has 0 aliphatic rings. The zero-order valence-electron chi connectivity index (χ0n) is 11.4. The van der Waals surface area contributed by atoms with Gasteiger partial charge in [0.1, 0.15) is 5.82 Å². The van der Waals surface area contributed by atoms with Crippen molar-refractivity contribution in [1.82, 2.24) is 9.97 Å². The van der Waals surface area contributed by atoms with Gasteiger partial charge in [-0.05, 0) is 25.7 Å². The van der Waals surface area contributed by atoms with E-state index in [0.29, 0.717) is 5.92 Å². The number of anilines is 2. The lowest BCUT2D eigenvalue weighted by Crippen LogP contribution is -2.10.